The molecule has 0 spiro atoms. The van der Waals surface area contributed by atoms with Crippen molar-refractivity contribution in [2.75, 3.05) is 6.61 Å². The minimum absolute atomic E-state index is 0.0725. The highest BCUT2D eigenvalue weighted by atomic mass is 19.1. The highest BCUT2D eigenvalue weighted by Gasteiger charge is 2.20. The number of carbonyl (C=O) groups is 1. The summed E-state index contributed by atoms with van der Waals surface area (Å²) in [5.74, 6) is -0.523. The molecule has 0 aromatic heterocycles. The molecule has 5 heteroatoms. The van der Waals surface area contributed by atoms with Crippen LogP contribution in [0.1, 0.15) is 32.8 Å². The van der Waals surface area contributed by atoms with Gasteiger partial charge in [-0.05, 0) is 44.4 Å². The van der Waals surface area contributed by atoms with E-state index in [-0.39, 0.29) is 12.6 Å². The van der Waals surface area contributed by atoms with E-state index >= 15 is 0 Å². The van der Waals surface area contributed by atoms with Crippen LogP contribution in [-0.2, 0) is 16.0 Å². The summed E-state index contributed by atoms with van der Waals surface area (Å²) in [5, 5.41) is 0. The average Bonchev–Trinajstić information content (AvgIpc) is 2.34. The fourth-order valence-electron chi connectivity index (χ4n) is 1.88. The first kappa shape index (κ1) is 16.4. The monoisotopic (exact) mass is 283 g/mol. The molecular formula is C15H22FNO3. The standard InChI is InChI=1S/C15H22FNO3/c1-4-14(15(18)19-5-2)20-13-8-11(6-10(3)17)7-12(16)9-13/h7-10,14H,4-6,17H2,1-3H3. The van der Waals surface area contributed by atoms with Gasteiger partial charge in [-0.15, -0.1) is 0 Å². The van der Waals surface area contributed by atoms with Crippen LogP contribution in [0.5, 0.6) is 5.75 Å². The van der Waals surface area contributed by atoms with Crippen LogP contribution < -0.4 is 10.5 Å². The van der Waals surface area contributed by atoms with Crippen LogP contribution in [-0.4, -0.2) is 24.7 Å². The van der Waals surface area contributed by atoms with Gasteiger partial charge in [0.25, 0.3) is 0 Å². The van der Waals surface area contributed by atoms with Gasteiger partial charge in [-0.2, -0.15) is 0 Å². The van der Waals surface area contributed by atoms with Gasteiger partial charge in [-0.25, -0.2) is 9.18 Å². The largest absolute Gasteiger partial charge is 0.479 e. The van der Waals surface area contributed by atoms with Crippen molar-refractivity contribution in [2.45, 2.75) is 45.8 Å². The van der Waals surface area contributed by atoms with Gasteiger partial charge in [0.2, 0.25) is 0 Å². The molecule has 0 radical (unpaired) electrons. The van der Waals surface area contributed by atoms with Gasteiger partial charge in [-0.3, -0.25) is 0 Å². The normalized spacial score (nSPS) is 13.7. The summed E-state index contributed by atoms with van der Waals surface area (Å²) in [6.45, 7) is 5.67. The van der Waals surface area contributed by atoms with Crippen molar-refractivity contribution in [1.82, 2.24) is 0 Å². The van der Waals surface area contributed by atoms with Gasteiger partial charge in [0.05, 0.1) is 6.61 Å². The van der Waals surface area contributed by atoms with Crippen LogP contribution in [0.4, 0.5) is 4.39 Å². The minimum atomic E-state index is -0.722. The van der Waals surface area contributed by atoms with E-state index < -0.39 is 17.9 Å². The molecule has 2 unspecified atom stereocenters. The Kier molecular flexibility index (Phi) is 6.45. The van der Waals surface area contributed by atoms with E-state index in [0.717, 1.165) is 5.56 Å². The van der Waals surface area contributed by atoms with Crippen LogP contribution in [0.25, 0.3) is 0 Å². The van der Waals surface area contributed by atoms with Crippen molar-refractivity contribution in [1.29, 1.82) is 0 Å². The Balaban J connectivity index is 2.84. The zero-order chi connectivity index (χ0) is 15.1. The molecule has 1 aromatic carbocycles. The van der Waals surface area contributed by atoms with E-state index in [9.17, 15) is 9.18 Å². The van der Waals surface area contributed by atoms with Crippen molar-refractivity contribution in [3.8, 4) is 5.75 Å². The van der Waals surface area contributed by atoms with E-state index in [4.69, 9.17) is 15.2 Å². The third-order valence-electron chi connectivity index (χ3n) is 2.69. The third kappa shape index (κ3) is 5.17. The number of hydrogen-bond acceptors (Lipinski definition) is 4. The number of carbonyl (C=O) groups excluding carboxylic acids is 1. The maximum Gasteiger partial charge on any atom is 0.347 e. The summed E-state index contributed by atoms with van der Waals surface area (Å²) in [7, 11) is 0. The Morgan fingerprint density at radius 1 is 1.35 bits per heavy atom. The van der Waals surface area contributed by atoms with Crippen LogP contribution in [0.15, 0.2) is 18.2 Å². The Hall–Kier alpha value is -1.62. The second-order valence-corrected chi connectivity index (χ2v) is 4.74. The lowest BCUT2D eigenvalue weighted by Gasteiger charge is -2.17. The molecule has 0 saturated carbocycles. The molecular weight excluding hydrogens is 261 g/mol. The van der Waals surface area contributed by atoms with E-state index in [1.165, 1.54) is 12.1 Å². The highest BCUT2D eigenvalue weighted by molar-refractivity contribution is 5.75. The maximum atomic E-state index is 13.5. The van der Waals surface area contributed by atoms with Crippen LogP contribution in [0.2, 0.25) is 0 Å². The molecule has 0 fully saturated rings. The molecule has 0 bridgehead atoms. The first-order valence-corrected chi connectivity index (χ1v) is 6.84. The zero-order valence-corrected chi connectivity index (χ0v) is 12.2. The van der Waals surface area contributed by atoms with Gasteiger partial charge in [-0.1, -0.05) is 6.92 Å². The Morgan fingerprint density at radius 3 is 2.60 bits per heavy atom. The summed E-state index contributed by atoms with van der Waals surface area (Å²) in [5.41, 5.74) is 6.45. The number of benzene rings is 1. The first-order valence-electron chi connectivity index (χ1n) is 6.84. The number of nitrogens with two attached hydrogens (primary N) is 1. The predicted octanol–water partition coefficient (Wildman–Crippen LogP) is 2.44. The maximum absolute atomic E-state index is 13.5. The number of ether oxygens (including phenoxy) is 2. The highest BCUT2D eigenvalue weighted by Crippen LogP contribution is 2.20. The molecule has 1 aromatic rings. The molecule has 0 aliphatic rings. The molecule has 0 aliphatic heterocycles. The van der Waals surface area contributed by atoms with E-state index in [1.54, 1.807) is 13.0 Å². The zero-order valence-electron chi connectivity index (χ0n) is 12.2. The molecule has 0 amide bonds. The van der Waals surface area contributed by atoms with Crippen LogP contribution in [0.3, 0.4) is 0 Å². The molecule has 0 heterocycles. The number of halogens is 1. The number of rotatable bonds is 7. The Labute approximate surface area is 119 Å². The summed E-state index contributed by atoms with van der Waals surface area (Å²) in [6, 6.07) is 4.30. The lowest BCUT2D eigenvalue weighted by atomic mass is 10.1. The first-order chi connectivity index (χ1) is 9.46. The summed E-state index contributed by atoms with van der Waals surface area (Å²) in [6.07, 6.45) is 0.280. The summed E-state index contributed by atoms with van der Waals surface area (Å²) in [4.78, 5) is 11.7. The van der Waals surface area contributed by atoms with Crippen molar-refractivity contribution in [3.63, 3.8) is 0 Å². The lowest BCUT2D eigenvalue weighted by Crippen LogP contribution is -2.28. The summed E-state index contributed by atoms with van der Waals surface area (Å²) < 4.78 is 24.0. The van der Waals surface area contributed by atoms with E-state index in [2.05, 4.69) is 0 Å². The topological polar surface area (TPSA) is 61.5 Å². The van der Waals surface area contributed by atoms with Crippen molar-refractivity contribution >= 4 is 5.97 Å². The molecule has 4 nitrogen and oxygen atoms in total. The number of hydrogen-bond donors (Lipinski definition) is 1. The average molecular weight is 283 g/mol. The number of esters is 1. The van der Waals surface area contributed by atoms with Gasteiger partial charge < -0.3 is 15.2 Å². The SMILES string of the molecule is CCOC(=O)C(CC)Oc1cc(F)cc(CC(C)N)c1. The Bertz CT molecular complexity index is 449. The smallest absolute Gasteiger partial charge is 0.347 e. The molecule has 0 saturated heterocycles. The molecule has 1 rings (SSSR count). The van der Waals surface area contributed by atoms with Gasteiger partial charge in [0, 0.05) is 12.1 Å². The molecule has 112 valence electrons. The lowest BCUT2D eigenvalue weighted by molar-refractivity contribution is -0.151. The molecule has 2 N–H and O–H groups in total. The van der Waals surface area contributed by atoms with E-state index in [0.29, 0.717) is 18.6 Å². The van der Waals surface area contributed by atoms with Crippen LogP contribution >= 0.6 is 0 Å². The minimum Gasteiger partial charge on any atom is -0.479 e. The van der Waals surface area contributed by atoms with Gasteiger partial charge >= 0.3 is 5.97 Å². The van der Waals surface area contributed by atoms with Gasteiger partial charge in [0.15, 0.2) is 6.10 Å². The van der Waals surface area contributed by atoms with Crippen molar-refractivity contribution in [2.24, 2.45) is 5.73 Å². The van der Waals surface area contributed by atoms with Crippen molar-refractivity contribution < 1.29 is 18.7 Å². The van der Waals surface area contributed by atoms with Crippen LogP contribution in [0, 0.1) is 5.82 Å². The van der Waals surface area contributed by atoms with Crippen molar-refractivity contribution in [3.05, 3.63) is 29.6 Å². The third-order valence-corrected chi connectivity index (χ3v) is 2.69. The molecule has 2 atom stereocenters. The van der Waals surface area contributed by atoms with Gasteiger partial charge in [0.1, 0.15) is 11.6 Å². The molecule has 0 aliphatic carbocycles. The van der Waals surface area contributed by atoms with E-state index in [1.807, 2.05) is 13.8 Å². The molecule has 20 heavy (non-hydrogen) atoms. The second kappa shape index (κ2) is 7.85. The fourth-order valence-corrected chi connectivity index (χ4v) is 1.88. The Morgan fingerprint density at radius 2 is 2.05 bits per heavy atom. The summed E-state index contributed by atoms with van der Waals surface area (Å²) >= 11 is 0. The predicted molar refractivity (Wildman–Crippen MR) is 75.1 cm³/mol. The quantitative estimate of drug-likeness (QED) is 0.781. The fraction of sp³-hybridized carbons (Fsp3) is 0.533. The second-order valence-electron chi connectivity index (χ2n) is 4.74.